The van der Waals surface area contributed by atoms with Crippen LogP contribution < -0.4 is 0 Å². The van der Waals surface area contributed by atoms with Gasteiger partial charge in [-0.3, -0.25) is 9.59 Å². The summed E-state index contributed by atoms with van der Waals surface area (Å²) in [5.74, 6) is -0.177. The second-order valence-electron chi connectivity index (χ2n) is 7.59. The fourth-order valence-electron chi connectivity index (χ4n) is 4.21. The van der Waals surface area contributed by atoms with Crippen LogP contribution in [0.2, 0.25) is 0 Å². The minimum atomic E-state index is -0.358. The first kappa shape index (κ1) is 19.1. The molecule has 2 atom stereocenters. The van der Waals surface area contributed by atoms with E-state index in [0.717, 1.165) is 43.8 Å². The third-order valence-electron chi connectivity index (χ3n) is 5.68. The van der Waals surface area contributed by atoms with Crippen LogP contribution >= 0.6 is 11.3 Å². The molecule has 0 bridgehead atoms. The van der Waals surface area contributed by atoms with Gasteiger partial charge >= 0.3 is 0 Å². The molecule has 7 heteroatoms. The molecule has 2 saturated heterocycles. The Hall–Kier alpha value is -2.28. The number of thiazole rings is 1. The summed E-state index contributed by atoms with van der Waals surface area (Å²) >= 11 is 1.65. The van der Waals surface area contributed by atoms with Crippen LogP contribution in [0.1, 0.15) is 47.0 Å². The third kappa shape index (κ3) is 4.09. The standard InChI is InChI=1S/C21H24FN3O2S/c22-18-7-5-15(6-8-18)20(26)25-11-2-4-17(14-25)21(27)24-10-1-3-16(13-24)19-23-9-12-28-19/h5-9,12,16-17H,1-4,10-11,13-14H2. The Morgan fingerprint density at radius 3 is 2.54 bits per heavy atom. The molecule has 0 radical (unpaired) electrons. The molecular formula is C21H24FN3O2S. The predicted molar refractivity (Wildman–Crippen MR) is 106 cm³/mol. The van der Waals surface area contributed by atoms with Gasteiger partial charge in [0, 0.05) is 49.2 Å². The number of carbonyl (C=O) groups is 2. The molecule has 1 aromatic carbocycles. The lowest BCUT2D eigenvalue weighted by molar-refractivity contribution is -0.138. The van der Waals surface area contributed by atoms with Crippen LogP contribution in [0.3, 0.4) is 0 Å². The van der Waals surface area contributed by atoms with Crippen molar-refractivity contribution in [2.75, 3.05) is 26.2 Å². The Balaban J connectivity index is 1.40. The summed E-state index contributed by atoms with van der Waals surface area (Å²) in [4.78, 5) is 34.0. The van der Waals surface area contributed by atoms with Crippen molar-refractivity contribution < 1.29 is 14.0 Å². The van der Waals surface area contributed by atoms with E-state index in [0.29, 0.717) is 24.6 Å². The normalized spacial score (nSPS) is 22.9. The van der Waals surface area contributed by atoms with Crippen LogP contribution in [0.25, 0.3) is 0 Å². The topological polar surface area (TPSA) is 53.5 Å². The third-order valence-corrected chi connectivity index (χ3v) is 6.62. The molecule has 28 heavy (non-hydrogen) atoms. The maximum Gasteiger partial charge on any atom is 0.253 e. The zero-order valence-corrected chi connectivity index (χ0v) is 16.5. The number of hydrogen-bond acceptors (Lipinski definition) is 4. The fourth-order valence-corrected chi connectivity index (χ4v) is 4.98. The Morgan fingerprint density at radius 1 is 1.04 bits per heavy atom. The second-order valence-corrected chi connectivity index (χ2v) is 8.52. The van der Waals surface area contributed by atoms with Gasteiger partial charge in [0.2, 0.25) is 5.91 Å². The molecule has 5 nitrogen and oxygen atoms in total. The molecular weight excluding hydrogens is 377 g/mol. The van der Waals surface area contributed by atoms with Gasteiger partial charge in [-0.05, 0) is 49.9 Å². The number of carbonyl (C=O) groups excluding carboxylic acids is 2. The summed E-state index contributed by atoms with van der Waals surface area (Å²) in [5, 5.41) is 3.09. The van der Waals surface area contributed by atoms with E-state index >= 15 is 0 Å². The number of piperidine rings is 2. The van der Waals surface area contributed by atoms with Crippen molar-refractivity contribution in [3.63, 3.8) is 0 Å². The predicted octanol–water partition coefficient (Wildman–Crippen LogP) is 3.54. The smallest absolute Gasteiger partial charge is 0.253 e. The van der Waals surface area contributed by atoms with Crippen molar-refractivity contribution >= 4 is 23.2 Å². The molecule has 2 aromatic rings. The fraction of sp³-hybridized carbons (Fsp3) is 0.476. The lowest BCUT2D eigenvalue weighted by atomic mass is 9.93. The highest BCUT2D eigenvalue weighted by Crippen LogP contribution is 2.30. The Kier molecular flexibility index (Phi) is 5.71. The maximum absolute atomic E-state index is 13.1. The number of nitrogens with zero attached hydrogens (tertiary/aromatic N) is 3. The summed E-state index contributed by atoms with van der Waals surface area (Å²) in [7, 11) is 0. The van der Waals surface area contributed by atoms with E-state index in [1.165, 1.54) is 24.3 Å². The van der Waals surface area contributed by atoms with Crippen LogP contribution in [-0.2, 0) is 4.79 Å². The minimum Gasteiger partial charge on any atom is -0.342 e. The van der Waals surface area contributed by atoms with E-state index in [1.54, 1.807) is 16.2 Å². The molecule has 148 valence electrons. The van der Waals surface area contributed by atoms with Crippen LogP contribution in [0.15, 0.2) is 35.8 Å². The quantitative estimate of drug-likeness (QED) is 0.791. The van der Waals surface area contributed by atoms with E-state index < -0.39 is 0 Å². The number of hydrogen-bond donors (Lipinski definition) is 0. The summed E-state index contributed by atoms with van der Waals surface area (Å²) in [6, 6.07) is 5.61. The molecule has 2 fully saturated rings. The zero-order chi connectivity index (χ0) is 19.5. The maximum atomic E-state index is 13.1. The van der Waals surface area contributed by atoms with Gasteiger partial charge < -0.3 is 9.80 Å². The van der Waals surface area contributed by atoms with Gasteiger partial charge in [0.1, 0.15) is 5.82 Å². The van der Waals surface area contributed by atoms with Gasteiger partial charge in [-0.1, -0.05) is 0 Å². The highest BCUT2D eigenvalue weighted by Gasteiger charge is 2.34. The van der Waals surface area contributed by atoms with E-state index in [9.17, 15) is 14.0 Å². The molecule has 2 amide bonds. The van der Waals surface area contributed by atoms with Crippen molar-refractivity contribution in [2.24, 2.45) is 5.92 Å². The second kappa shape index (κ2) is 8.39. The molecule has 2 aliphatic heterocycles. The SMILES string of the molecule is O=C(c1ccc(F)cc1)N1CCCC(C(=O)N2CCCC(c3nccs3)C2)C1. The Bertz CT molecular complexity index is 825. The van der Waals surface area contributed by atoms with Crippen molar-refractivity contribution in [1.82, 2.24) is 14.8 Å². The lowest BCUT2D eigenvalue weighted by Crippen LogP contribution is -2.48. The van der Waals surface area contributed by atoms with E-state index in [2.05, 4.69) is 4.98 Å². The summed E-state index contributed by atoms with van der Waals surface area (Å²) in [6.45, 7) is 2.58. The van der Waals surface area contributed by atoms with Crippen molar-refractivity contribution in [1.29, 1.82) is 0 Å². The number of rotatable bonds is 3. The first-order chi connectivity index (χ1) is 13.6. The van der Waals surface area contributed by atoms with Crippen molar-refractivity contribution in [3.05, 3.63) is 52.2 Å². The molecule has 2 unspecified atom stereocenters. The van der Waals surface area contributed by atoms with Crippen LogP contribution in [0.4, 0.5) is 4.39 Å². The average Bonchev–Trinajstić information content (AvgIpc) is 3.28. The molecule has 4 rings (SSSR count). The number of amides is 2. The van der Waals surface area contributed by atoms with Gasteiger partial charge in [0.15, 0.2) is 0 Å². The molecule has 1 aromatic heterocycles. The minimum absolute atomic E-state index is 0.128. The molecule has 3 heterocycles. The number of likely N-dealkylation sites (tertiary alicyclic amines) is 2. The summed E-state index contributed by atoms with van der Waals surface area (Å²) in [5.41, 5.74) is 0.469. The van der Waals surface area contributed by atoms with E-state index in [1.807, 2.05) is 16.5 Å². The van der Waals surface area contributed by atoms with Crippen molar-refractivity contribution in [2.45, 2.75) is 31.6 Å². The molecule has 0 saturated carbocycles. The average molecular weight is 402 g/mol. The molecule has 0 spiro atoms. The number of benzene rings is 1. The zero-order valence-electron chi connectivity index (χ0n) is 15.7. The van der Waals surface area contributed by atoms with Gasteiger partial charge in [-0.15, -0.1) is 11.3 Å². The van der Waals surface area contributed by atoms with E-state index in [4.69, 9.17) is 0 Å². The molecule has 0 N–H and O–H groups in total. The molecule has 2 aliphatic rings. The first-order valence-corrected chi connectivity index (χ1v) is 10.7. The Morgan fingerprint density at radius 2 is 1.79 bits per heavy atom. The van der Waals surface area contributed by atoms with Gasteiger partial charge in [-0.2, -0.15) is 0 Å². The highest BCUT2D eigenvalue weighted by atomic mass is 32.1. The lowest BCUT2D eigenvalue weighted by Gasteiger charge is -2.38. The van der Waals surface area contributed by atoms with Crippen LogP contribution in [0, 0.1) is 11.7 Å². The van der Waals surface area contributed by atoms with Gasteiger partial charge in [-0.25, -0.2) is 9.37 Å². The number of halogens is 1. The summed E-state index contributed by atoms with van der Waals surface area (Å²) < 4.78 is 13.1. The van der Waals surface area contributed by atoms with Gasteiger partial charge in [0.05, 0.1) is 10.9 Å². The first-order valence-electron chi connectivity index (χ1n) is 9.85. The van der Waals surface area contributed by atoms with Crippen LogP contribution in [0.5, 0.6) is 0 Å². The van der Waals surface area contributed by atoms with Crippen LogP contribution in [-0.4, -0.2) is 52.8 Å². The van der Waals surface area contributed by atoms with E-state index in [-0.39, 0.29) is 23.5 Å². The van der Waals surface area contributed by atoms with Crippen molar-refractivity contribution in [3.8, 4) is 0 Å². The highest BCUT2D eigenvalue weighted by molar-refractivity contribution is 7.09. The van der Waals surface area contributed by atoms with Gasteiger partial charge in [0.25, 0.3) is 5.91 Å². The summed E-state index contributed by atoms with van der Waals surface area (Å²) in [6.07, 6.45) is 5.50. The largest absolute Gasteiger partial charge is 0.342 e. The molecule has 0 aliphatic carbocycles. The monoisotopic (exact) mass is 401 g/mol. The Labute approximate surface area is 168 Å². The number of aromatic nitrogens is 1.